The summed E-state index contributed by atoms with van der Waals surface area (Å²) in [6, 6.07) is 18.6. The Morgan fingerprint density at radius 2 is 1.71 bits per heavy atom. The molecular formula is C30H37N7O. The summed E-state index contributed by atoms with van der Waals surface area (Å²) in [5.41, 5.74) is 5.97. The summed E-state index contributed by atoms with van der Waals surface area (Å²) in [6.07, 6.45) is 2.55. The van der Waals surface area contributed by atoms with Gasteiger partial charge >= 0.3 is 0 Å². The van der Waals surface area contributed by atoms with Gasteiger partial charge in [0.25, 0.3) is 0 Å². The largest absolute Gasteiger partial charge is 0.356 e. The maximum absolute atomic E-state index is 12.7. The van der Waals surface area contributed by atoms with Gasteiger partial charge in [0.05, 0.1) is 16.8 Å². The fraction of sp³-hybridized carbons (Fsp3) is 0.400. The molecule has 0 saturated carbocycles. The van der Waals surface area contributed by atoms with Crippen LogP contribution in [-0.4, -0.2) is 71.1 Å². The van der Waals surface area contributed by atoms with E-state index in [9.17, 15) is 4.79 Å². The summed E-state index contributed by atoms with van der Waals surface area (Å²) in [7, 11) is 4.10. The molecule has 0 unspecified atom stereocenters. The van der Waals surface area contributed by atoms with Gasteiger partial charge < -0.3 is 15.1 Å². The highest BCUT2D eigenvalue weighted by molar-refractivity contribution is 6.00. The molecule has 1 saturated heterocycles. The van der Waals surface area contributed by atoms with Crippen molar-refractivity contribution in [1.29, 1.82) is 0 Å². The van der Waals surface area contributed by atoms with Crippen LogP contribution < -0.4 is 10.2 Å². The second-order valence-corrected chi connectivity index (χ2v) is 10.5. The topological polar surface area (TPSA) is 79.2 Å². The van der Waals surface area contributed by atoms with Crippen molar-refractivity contribution < 1.29 is 4.79 Å². The number of nitrogens with one attached hydrogen (secondary N) is 1. The van der Waals surface area contributed by atoms with Crippen LogP contribution in [0.25, 0.3) is 27.8 Å². The fourth-order valence-corrected chi connectivity index (χ4v) is 5.19. The van der Waals surface area contributed by atoms with Crippen LogP contribution in [0.3, 0.4) is 0 Å². The minimum atomic E-state index is 0.0319. The molecule has 3 heterocycles. The first-order valence-corrected chi connectivity index (χ1v) is 13.5. The number of hydrogen-bond donors (Lipinski definition) is 1. The second-order valence-electron chi connectivity index (χ2n) is 10.5. The van der Waals surface area contributed by atoms with Crippen molar-refractivity contribution in [3.63, 3.8) is 0 Å². The molecule has 1 N–H and O–H groups in total. The van der Waals surface area contributed by atoms with Gasteiger partial charge in [0.15, 0.2) is 5.82 Å². The molecule has 0 spiro atoms. The molecule has 0 aliphatic carbocycles. The highest BCUT2D eigenvalue weighted by Gasteiger charge is 2.29. The van der Waals surface area contributed by atoms with Crippen molar-refractivity contribution in [1.82, 2.24) is 30.2 Å². The molecule has 8 heteroatoms. The standard InChI is InChI=1S/C30H37N7O/c1-21-11-13-25(14-12-21)37-22(2)26-27(23-9-6-5-7-10-23)32-33-29(28(26)34-37)36-19-15-24(16-20-36)30(38)31-17-8-18-35(3)4/h5-7,9-14,24H,8,15-20H2,1-4H3,(H,31,38). The zero-order valence-electron chi connectivity index (χ0n) is 22.8. The second kappa shape index (κ2) is 11.3. The van der Waals surface area contributed by atoms with Gasteiger partial charge in [-0.2, -0.15) is 5.10 Å². The number of anilines is 1. The molecule has 1 amide bonds. The number of hydrogen-bond acceptors (Lipinski definition) is 6. The normalized spacial score (nSPS) is 14.4. The average molecular weight is 512 g/mol. The Morgan fingerprint density at radius 3 is 2.39 bits per heavy atom. The molecule has 198 valence electrons. The Kier molecular flexibility index (Phi) is 7.69. The van der Waals surface area contributed by atoms with Gasteiger partial charge in [0.2, 0.25) is 5.91 Å². The first-order chi connectivity index (χ1) is 18.4. The molecule has 1 aliphatic heterocycles. The van der Waals surface area contributed by atoms with Crippen molar-refractivity contribution in [2.45, 2.75) is 33.1 Å². The maximum atomic E-state index is 12.7. The number of piperidine rings is 1. The van der Waals surface area contributed by atoms with Gasteiger partial charge in [0.1, 0.15) is 11.2 Å². The van der Waals surface area contributed by atoms with Crippen LogP contribution in [0.5, 0.6) is 0 Å². The van der Waals surface area contributed by atoms with Crippen molar-refractivity contribution in [2.75, 3.05) is 45.2 Å². The number of fused-ring (bicyclic) bond motifs is 1. The van der Waals surface area contributed by atoms with Gasteiger partial charge in [-0.05, 0) is 65.9 Å². The van der Waals surface area contributed by atoms with Crippen LogP contribution in [0.4, 0.5) is 5.82 Å². The van der Waals surface area contributed by atoms with Crippen LogP contribution in [0.1, 0.15) is 30.5 Å². The van der Waals surface area contributed by atoms with E-state index in [-0.39, 0.29) is 11.8 Å². The molecule has 0 radical (unpaired) electrons. The van der Waals surface area contributed by atoms with E-state index in [1.807, 2.05) is 22.9 Å². The zero-order chi connectivity index (χ0) is 26.6. The van der Waals surface area contributed by atoms with Gasteiger partial charge in [-0.15, -0.1) is 10.2 Å². The molecule has 4 aromatic rings. The van der Waals surface area contributed by atoms with E-state index >= 15 is 0 Å². The summed E-state index contributed by atoms with van der Waals surface area (Å²) in [5.74, 6) is 0.988. The molecule has 0 atom stereocenters. The van der Waals surface area contributed by atoms with E-state index < -0.39 is 0 Å². The molecule has 2 aromatic heterocycles. The van der Waals surface area contributed by atoms with Gasteiger partial charge in [-0.25, -0.2) is 4.68 Å². The van der Waals surface area contributed by atoms with E-state index in [2.05, 4.69) is 79.5 Å². The Bertz CT molecular complexity index is 1390. The molecule has 1 fully saturated rings. The molecule has 2 aromatic carbocycles. The Hall–Kier alpha value is -3.78. The number of rotatable bonds is 8. The van der Waals surface area contributed by atoms with Crippen LogP contribution in [0.15, 0.2) is 54.6 Å². The van der Waals surface area contributed by atoms with E-state index in [0.717, 1.165) is 84.8 Å². The van der Waals surface area contributed by atoms with E-state index in [0.29, 0.717) is 0 Å². The number of benzene rings is 2. The summed E-state index contributed by atoms with van der Waals surface area (Å²) in [6.45, 7) is 7.38. The van der Waals surface area contributed by atoms with E-state index in [1.54, 1.807) is 0 Å². The van der Waals surface area contributed by atoms with Crippen LogP contribution in [0.2, 0.25) is 0 Å². The number of aryl methyl sites for hydroxylation is 2. The Balaban J connectivity index is 1.43. The number of aromatic nitrogens is 4. The minimum absolute atomic E-state index is 0.0319. The summed E-state index contributed by atoms with van der Waals surface area (Å²) in [4.78, 5) is 17.1. The smallest absolute Gasteiger partial charge is 0.223 e. The molecule has 5 rings (SSSR count). The number of nitrogens with zero attached hydrogens (tertiary/aromatic N) is 6. The van der Waals surface area contributed by atoms with Gasteiger partial charge in [-0.1, -0.05) is 48.0 Å². The molecular weight excluding hydrogens is 474 g/mol. The quantitative estimate of drug-likeness (QED) is 0.354. The monoisotopic (exact) mass is 511 g/mol. The Labute approximate surface area is 224 Å². The van der Waals surface area contributed by atoms with Crippen LogP contribution in [-0.2, 0) is 4.79 Å². The molecule has 0 bridgehead atoms. The van der Waals surface area contributed by atoms with Crippen LogP contribution in [0, 0.1) is 19.8 Å². The number of amides is 1. The summed E-state index contributed by atoms with van der Waals surface area (Å²) < 4.78 is 2.00. The zero-order valence-corrected chi connectivity index (χ0v) is 22.8. The van der Waals surface area contributed by atoms with Gasteiger partial charge in [0, 0.05) is 31.1 Å². The fourth-order valence-electron chi connectivity index (χ4n) is 5.19. The van der Waals surface area contributed by atoms with Crippen molar-refractivity contribution in [2.24, 2.45) is 5.92 Å². The summed E-state index contributed by atoms with van der Waals surface area (Å²) >= 11 is 0. The SMILES string of the molecule is Cc1ccc(-n2nc3c(N4CCC(C(=O)NCCCN(C)C)CC4)nnc(-c4ccccc4)c3c2C)cc1. The van der Waals surface area contributed by atoms with Crippen molar-refractivity contribution >= 4 is 22.6 Å². The lowest BCUT2D eigenvalue weighted by molar-refractivity contribution is -0.125. The first kappa shape index (κ1) is 25.9. The highest BCUT2D eigenvalue weighted by atomic mass is 16.1. The van der Waals surface area contributed by atoms with Crippen molar-refractivity contribution in [3.8, 4) is 16.9 Å². The third-order valence-corrected chi connectivity index (χ3v) is 7.38. The molecule has 38 heavy (non-hydrogen) atoms. The Morgan fingerprint density at radius 1 is 1.00 bits per heavy atom. The minimum Gasteiger partial charge on any atom is -0.356 e. The lowest BCUT2D eigenvalue weighted by Gasteiger charge is -2.32. The average Bonchev–Trinajstić information content (AvgIpc) is 3.28. The molecule has 1 aliphatic rings. The number of carbonyl (C=O) groups excluding carboxylic acids is 1. The third kappa shape index (κ3) is 5.41. The molecule has 8 nitrogen and oxygen atoms in total. The number of carbonyl (C=O) groups is 1. The van der Waals surface area contributed by atoms with Crippen LogP contribution >= 0.6 is 0 Å². The highest BCUT2D eigenvalue weighted by Crippen LogP contribution is 2.35. The predicted octanol–water partition coefficient (Wildman–Crippen LogP) is 4.38. The first-order valence-electron chi connectivity index (χ1n) is 13.5. The lowest BCUT2D eigenvalue weighted by Crippen LogP contribution is -2.41. The summed E-state index contributed by atoms with van der Waals surface area (Å²) in [5, 5.41) is 18.7. The third-order valence-electron chi connectivity index (χ3n) is 7.38. The van der Waals surface area contributed by atoms with E-state index in [1.165, 1.54) is 5.56 Å². The maximum Gasteiger partial charge on any atom is 0.223 e. The lowest BCUT2D eigenvalue weighted by atomic mass is 9.95. The van der Waals surface area contributed by atoms with Gasteiger partial charge in [-0.3, -0.25) is 4.79 Å². The predicted molar refractivity (Wildman–Crippen MR) is 153 cm³/mol. The van der Waals surface area contributed by atoms with E-state index in [4.69, 9.17) is 15.3 Å². The van der Waals surface area contributed by atoms with Crippen molar-refractivity contribution in [3.05, 3.63) is 65.9 Å².